The SMILES string of the molecule is C=C(Nc1cnn(C)c1)C(=C)c1cc(-c2cnn(C3CCN(C)CC3)c2)ccc1N. The van der Waals surface area contributed by atoms with Gasteiger partial charge < -0.3 is 16.0 Å². The van der Waals surface area contributed by atoms with Crippen LogP contribution in [-0.2, 0) is 7.05 Å². The van der Waals surface area contributed by atoms with Crippen LogP contribution < -0.4 is 11.1 Å². The molecule has 7 heteroatoms. The van der Waals surface area contributed by atoms with Crippen LogP contribution in [0.4, 0.5) is 11.4 Å². The third kappa shape index (κ3) is 4.16. The average Bonchev–Trinajstić information content (AvgIpc) is 3.38. The summed E-state index contributed by atoms with van der Waals surface area (Å²) in [6, 6.07) is 6.46. The van der Waals surface area contributed by atoms with E-state index in [9.17, 15) is 0 Å². The number of hydrogen-bond donors (Lipinski definition) is 2. The molecule has 7 nitrogen and oxygen atoms in total. The number of rotatable bonds is 6. The van der Waals surface area contributed by atoms with Gasteiger partial charge in [-0.1, -0.05) is 19.2 Å². The van der Waals surface area contributed by atoms with Crippen molar-refractivity contribution < 1.29 is 0 Å². The van der Waals surface area contributed by atoms with E-state index in [1.165, 1.54) is 0 Å². The summed E-state index contributed by atoms with van der Waals surface area (Å²) in [7, 11) is 4.04. The fourth-order valence-corrected chi connectivity index (χ4v) is 3.84. The molecule has 1 aromatic carbocycles. The molecule has 0 bridgehead atoms. The Morgan fingerprint density at radius 3 is 2.53 bits per heavy atom. The largest absolute Gasteiger partial charge is 0.398 e. The molecule has 2 aromatic heterocycles. The molecular formula is C23H29N7. The van der Waals surface area contributed by atoms with E-state index in [-0.39, 0.29) is 0 Å². The van der Waals surface area contributed by atoms with Gasteiger partial charge in [-0.2, -0.15) is 10.2 Å². The molecule has 1 aliphatic heterocycles. The van der Waals surface area contributed by atoms with Gasteiger partial charge in [0.15, 0.2) is 0 Å². The van der Waals surface area contributed by atoms with Gasteiger partial charge in [0.25, 0.3) is 0 Å². The quantitative estimate of drug-likeness (QED) is 0.484. The normalized spacial score (nSPS) is 15.3. The maximum atomic E-state index is 6.27. The zero-order chi connectivity index (χ0) is 21.3. The number of nitrogens with zero attached hydrogens (tertiary/aromatic N) is 5. The van der Waals surface area contributed by atoms with Crippen molar-refractivity contribution >= 4 is 16.9 Å². The van der Waals surface area contributed by atoms with Crippen LogP contribution in [0.25, 0.3) is 16.7 Å². The second-order valence-electron chi connectivity index (χ2n) is 8.03. The number of nitrogens with one attached hydrogen (secondary N) is 1. The van der Waals surface area contributed by atoms with E-state index < -0.39 is 0 Å². The van der Waals surface area contributed by atoms with Gasteiger partial charge in [0.1, 0.15) is 0 Å². The van der Waals surface area contributed by atoms with Crippen molar-refractivity contribution in [2.45, 2.75) is 18.9 Å². The number of allylic oxidation sites excluding steroid dienone is 1. The Hall–Kier alpha value is -3.32. The number of aromatic nitrogens is 4. The van der Waals surface area contributed by atoms with Crippen molar-refractivity contribution in [1.82, 2.24) is 24.5 Å². The van der Waals surface area contributed by atoms with Crippen LogP contribution in [0.1, 0.15) is 24.4 Å². The monoisotopic (exact) mass is 403 g/mol. The highest BCUT2D eigenvalue weighted by Gasteiger charge is 2.19. The minimum Gasteiger partial charge on any atom is -0.398 e. The van der Waals surface area contributed by atoms with Gasteiger partial charge in [0.2, 0.25) is 0 Å². The smallest absolute Gasteiger partial charge is 0.0770 e. The number of anilines is 2. The second kappa shape index (κ2) is 8.20. The standard InChI is InChI=1S/C23H29N7/c1-16(17(2)27-20-13-25-29(4)15-20)22-11-18(5-6-23(22)24)19-12-26-30(14-19)21-7-9-28(3)10-8-21/h5-6,11-15,21,27H,1-2,7-10,24H2,3-4H3. The molecule has 0 unspecified atom stereocenters. The van der Waals surface area contributed by atoms with Crippen LogP contribution in [0.3, 0.4) is 0 Å². The zero-order valence-corrected chi connectivity index (χ0v) is 17.7. The molecule has 30 heavy (non-hydrogen) atoms. The summed E-state index contributed by atoms with van der Waals surface area (Å²) in [6.45, 7) is 10.6. The summed E-state index contributed by atoms with van der Waals surface area (Å²) in [5, 5.41) is 12.0. The summed E-state index contributed by atoms with van der Waals surface area (Å²) >= 11 is 0. The first-order chi connectivity index (χ1) is 14.4. The molecule has 0 atom stereocenters. The van der Waals surface area contributed by atoms with E-state index in [0.717, 1.165) is 53.9 Å². The third-order valence-corrected chi connectivity index (χ3v) is 5.74. The van der Waals surface area contributed by atoms with Crippen LogP contribution in [0, 0.1) is 0 Å². The van der Waals surface area contributed by atoms with Crippen molar-refractivity contribution in [1.29, 1.82) is 0 Å². The number of likely N-dealkylation sites (tertiary alicyclic amines) is 1. The molecule has 1 fully saturated rings. The van der Waals surface area contributed by atoms with E-state index in [1.54, 1.807) is 10.9 Å². The lowest BCUT2D eigenvalue weighted by molar-refractivity contribution is 0.212. The van der Waals surface area contributed by atoms with Crippen LogP contribution in [0.5, 0.6) is 0 Å². The first-order valence-electron chi connectivity index (χ1n) is 10.2. The van der Waals surface area contributed by atoms with Gasteiger partial charge in [0.05, 0.1) is 24.1 Å². The molecule has 4 rings (SSSR count). The molecule has 1 aliphatic rings. The van der Waals surface area contributed by atoms with Gasteiger partial charge in [0, 0.05) is 42.0 Å². The molecule has 156 valence electrons. The molecule has 0 aliphatic carbocycles. The number of hydrogen-bond acceptors (Lipinski definition) is 5. The van der Waals surface area contributed by atoms with E-state index in [1.807, 2.05) is 31.6 Å². The summed E-state index contributed by atoms with van der Waals surface area (Å²) in [5.41, 5.74) is 12.2. The maximum Gasteiger partial charge on any atom is 0.0770 e. The highest BCUT2D eigenvalue weighted by molar-refractivity contribution is 5.87. The Bertz CT molecular complexity index is 1070. The van der Waals surface area contributed by atoms with Crippen molar-refractivity contribution in [2.24, 2.45) is 7.05 Å². The van der Waals surface area contributed by atoms with Crippen LogP contribution in [0.15, 0.2) is 61.8 Å². The number of nitrogen functional groups attached to an aromatic ring is 1. The first kappa shape index (κ1) is 20.0. The Labute approximate surface area is 177 Å². The molecule has 0 radical (unpaired) electrons. The summed E-state index contributed by atoms with van der Waals surface area (Å²) < 4.78 is 3.84. The lowest BCUT2D eigenvalue weighted by Gasteiger charge is -2.28. The molecule has 3 heterocycles. The third-order valence-electron chi connectivity index (χ3n) is 5.74. The minimum absolute atomic E-state index is 0.460. The lowest BCUT2D eigenvalue weighted by Crippen LogP contribution is -2.31. The maximum absolute atomic E-state index is 6.27. The fourth-order valence-electron chi connectivity index (χ4n) is 3.84. The topological polar surface area (TPSA) is 76.9 Å². The van der Waals surface area contributed by atoms with Crippen molar-refractivity contribution in [3.05, 3.63) is 67.4 Å². The molecule has 0 saturated carbocycles. The fraction of sp³-hybridized carbons (Fsp3) is 0.304. The first-order valence-corrected chi connectivity index (χ1v) is 10.2. The number of nitrogens with two attached hydrogens (primary N) is 1. The summed E-state index contributed by atoms with van der Waals surface area (Å²) in [5.74, 6) is 0. The van der Waals surface area contributed by atoms with Gasteiger partial charge >= 0.3 is 0 Å². The number of piperidine rings is 1. The Kier molecular flexibility index (Phi) is 5.46. The Morgan fingerprint density at radius 1 is 1.07 bits per heavy atom. The van der Waals surface area contributed by atoms with Crippen LogP contribution >= 0.6 is 0 Å². The second-order valence-corrected chi connectivity index (χ2v) is 8.03. The highest BCUT2D eigenvalue weighted by atomic mass is 15.3. The van der Waals surface area contributed by atoms with Gasteiger partial charge in [-0.15, -0.1) is 0 Å². The molecule has 0 spiro atoms. The number of benzene rings is 1. The molecule has 1 saturated heterocycles. The molecule has 3 aromatic rings. The van der Waals surface area contributed by atoms with E-state index in [4.69, 9.17) is 5.73 Å². The predicted octanol–water partition coefficient (Wildman–Crippen LogP) is 3.77. The number of aryl methyl sites for hydroxylation is 1. The molecule has 3 N–H and O–H groups in total. The average molecular weight is 404 g/mol. The highest BCUT2D eigenvalue weighted by Crippen LogP contribution is 2.32. The summed E-state index contributed by atoms with van der Waals surface area (Å²) in [4.78, 5) is 2.37. The van der Waals surface area contributed by atoms with Crippen LogP contribution in [-0.4, -0.2) is 44.6 Å². The lowest BCUT2D eigenvalue weighted by atomic mass is 9.98. The van der Waals surface area contributed by atoms with Gasteiger partial charge in [-0.25, -0.2) is 0 Å². The van der Waals surface area contributed by atoms with Gasteiger partial charge in [-0.05, 0) is 56.2 Å². The molecular weight excluding hydrogens is 374 g/mol. The van der Waals surface area contributed by atoms with Crippen molar-refractivity contribution in [2.75, 3.05) is 31.2 Å². The van der Waals surface area contributed by atoms with Crippen molar-refractivity contribution in [3.63, 3.8) is 0 Å². The van der Waals surface area contributed by atoms with Crippen molar-refractivity contribution in [3.8, 4) is 11.1 Å². The van der Waals surface area contributed by atoms with E-state index in [0.29, 0.717) is 17.4 Å². The van der Waals surface area contributed by atoms with Crippen LogP contribution in [0.2, 0.25) is 0 Å². The predicted molar refractivity (Wildman–Crippen MR) is 123 cm³/mol. The molecule has 0 amide bonds. The van der Waals surface area contributed by atoms with Gasteiger partial charge in [-0.3, -0.25) is 9.36 Å². The van der Waals surface area contributed by atoms with E-state index in [2.05, 4.69) is 57.6 Å². The Morgan fingerprint density at radius 2 is 1.83 bits per heavy atom. The Balaban J connectivity index is 1.53. The minimum atomic E-state index is 0.460. The van der Waals surface area contributed by atoms with E-state index >= 15 is 0 Å². The zero-order valence-electron chi connectivity index (χ0n) is 17.7. The summed E-state index contributed by atoms with van der Waals surface area (Å²) in [6.07, 6.45) is 9.95.